The predicted molar refractivity (Wildman–Crippen MR) is 66.0 cm³/mol. The van der Waals surface area contributed by atoms with Crippen molar-refractivity contribution in [3.8, 4) is 0 Å². The first-order valence-electron chi connectivity index (χ1n) is 5.97. The first-order chi connectivity index (χ1) is 9.13. The van der Waals surface area contributed by atoms with Gasteiger partial charge in [-0.15, -0.1) is 0 Å². The SMILES string of the molecule is CNC(=O)C1CNCCN1C(=O)c1cncc(F)c1. The van der Waals surface area contributed by atoms with Crippen LogP contribution in [0.15, 0.2) is 18.5 Å². The van der Waals surface area contributed by atoms with E-state index < -0.39 is 11.9 Å². The molecule has 7 heteroatoms. The van der Waals surface area contributed by atoms with E-state index in [4.69, 9.17) is 0 Å². The molecule has 1 aromatic rings. The van der Waals surface area contributed by atoms with E-state index in [0.717, 1.165) is 12.3 Å². The molecule has 1 unspecified atom stereocenters. The topological polar surface area (TPSA) is 74.3 Å². The highest BCUT2D eigenvalue weighted by atomic mass is 19.1. The Hall–Kier alpha value is -2.02. The van der Waals surface area contributed by atoms with Crippen molar-refractivity contribution in [1.82, 2.24) is 20.5 Å². The van der Waals surface area contributed by atoms with Gasteiger partial charge in [0.1, 0.15) is 11.9 Å². The van der Waals surface area contributed by atoms with E-state index in [-0.39, 0.29) is 17.4 Å². The maximum Gasteiger partial charge on any atom is 0.256 e. The van der Waals surface area contributed by atoms with Crippen LogP contribution in [0.3, 0.4) is 0 Å². The Labute approximate surface area is 110 Å². The number of pyridine rings is 1. The summed E-state index contributed by atoms with van der Waals surface area (Å²) < 4.78 is 13.1. The van der Waals surface area contributed by atoms with Crippen LogP contribution in [0.2, 0.25) is 0 Å². The second-order valence-electron chi connectivity index (χ2n) is 4.22. The molecule has 6 nitrogen and oxygen atoms in total. The summed E-state index contributed by atoms with van der Waals surface area (Å²) in [4.78, 5) is 29.1. The van der Waals surface area contributed by atoms with Crippen molar-refractivity contribution in [2.45, 2.75) is 6.04 Å². The quantitative estimate of drug-likeness (QED) is 0.748. The number of halogens is 1. The molecule has 1 aromatic heterocycles. The fourth-order valence-corrected chi connectivity index (χ4v) is 2.04. The number of nitrogens with one attached hydrogen (secondary N) is 2. The van der Waals surface area contributed by atoms with Crippen LogP contribution in [0.5, 0.6) is 0 Å². The van der Waals surface area contributed by atoms with E-state index >= 15 is 0 Å². The van der Waals surface area contributed by atoms with Crippen LogP contribution in [-0.2, 0) is 4.79 Å². The molecule has 19 heavy (non-hydrogen) atoms. The van der Waals surface area contributed by atoms with Crippen LogP contribution in [0.4, 0.5) is 4.39 Å². The van der Waals surface area contributed by atoms with Gasteiger partial charge in [0.2, 0.25) is 5.91 Å². The number of piperazine rings is 1. The summed E-state index contributed by atoms with van der Waals surface area (Å²) in [6.07, 6.45) is 2.33. The molecule has 1 atom stereocenters. The number of likely N-dealkylation sites (N-methyl/N-ethyl adjacent to an activating group) is 1. The van der Waals surface area contributed by atoms with E-state index in [1.807, 2.05) is 0 Å². The second kappa shape index (κ2) is 5.75. The van der Waals surface area contributed by atoms with Crippen molar-refractivity contribution in [3.63, 3.8) is 0 Å². The number of amides is 2. The van der Waals surface area contributed by atoms with Crippen LogP contribution in [0.1, 0.15) is 10.4 Å². The molecule has 0 aromatic carbocycles. The van der Waals surface area contributed by atoms with Gasteiger partial charge in [-0.1, -0.05) is 0 Å². The molecule has 1 aliphatic heterocycles. The van der Waals surface area contributed by atoms with Crippen molar-refractivity contribution in [2.24, 2.45) is 0 Å². The van der Waals surface area contributed by atoms with Crippen molar-refractivity contribution < 1.29 is 14.0 Å². The fraction of sp³-hybridized carbons (Fsp3) is 0.417. The molecule has 1 fully saturated rings. The Morgan fingerprint density at radius 2 is 2.32 bits per heavy atom. The van der Waals surface area contributed by atoms with Crippen molar-refractivity contribution in [1.29, 1.82) is 0 Å². The summed E-state index contributed by atoms with van der Waals surface area (Å²) in [5.74, 6) is -1.20. The maximum absolute atomic E-state index is 13.1. The van der Waals surface area contributed by atoms with E-state index in [0.29, 0.717) is 19.6 Å². The molecule has 0 radical (unpaired) electrons. The molecule has 0 aliphatic carbocycles. The van der Waals surface area contributed by atoms with Crippen LogP contribution in [0, 0.1) is 5.82 Å². The Morgan fingerprint density at radius 1 is 1.53 bits per heavy atom. The highest BCUT2D eigenvalue weighted by Gasteiger charge is 2.32. The number of carbonyl (C=O) groups excluding carboxylic acids is 2. The predicted octanol–water partition coefficient (Wildman–Crippen LogP) is -0.619. The standard InChI is InChI=1S/C12H15FN4O2/c1-14-11(18)10-7-15-2-3-17(10)12(19)8-4-9(13)6-16-5-8/h4-6,10,15H,2-3,7H2,1H3,(H,14,18). The van der Waals surface area contributed by atoms with Crippen LogP contribution in [-0.4, -0.2) is 54.4 Å². The number of nitrogens with zero attached hydrogens (tertiary/aromatic N) is 2. The molecule has 2 rings (SSSR count). The van der Waals surface area contributed by atoms with E-state index in [9.17, 15) is 14.0 Å². The van der Waals surface area contributed by atoms with Gasteiger partial charge in [0.05, 0.1) is 11.8 Å². The third-order valence-electron chi connectivity index (χ3n) is 3.01. The monoisotopic (exact) mass is 266 g/mol. The third kappa shape index (κ3) is 2.87. The molecule has 0 spiro atoms. The summed E-state index contributed by atoms with van der Waals surface area (Å²) >= 11 is 0. The molecule has 2 heterocycles. The Bertz CT molecular complexity index is 494. The lowest BCUT2D eigenvalue weighted by Gasteiger charge is -2.34. The summed E-state index contributed by atoms with van der Waals surface area (Å²) in [6, 6.07) is 0.535. The van der Waals surface area contributed by atoms with Gasteiger partial charge in [0.15, 0.2) is 0 Å². The number of hydrogen-bond donors (Lipinski definition) is 2. The van der Waals surface area contributed by atoms with Crippen molar-refractivity contribution >= 4 is 11.8 Å². The summed E-state index contributed by atoms with van der Waals surface area (Å²) in [6.45, 7) is 1.38. The van der Waals surface area contributed by atoms with Crippen LogP contribution < -0.4 is 10.6 Å². The first-order valence-corrected chi connectivity index (χ1v) is 5.97. The average Bonchev–Trinajstić information content (AvgIpc) is 2.45. The van der Waals surface area contributed by atoms with Gasteiger partial charge < -0.3 is 15.5 Å². The molecule has 102 valence electrons. The number of aromatic nitrogens is 1. The van der Waals surface area contributed by atoms with Gasteiger partial charge in [-0.25, -0.2) is 4.39 Å². The molecule has 2 N–H and O–H groups in total. The number of rotatable bonds is 2. The zero-order chi connectivity index (χ0) is 13.8. The normalized spacial score (nSPS) is 19.1. The zero-order valence-electron chi connectivity index (χ0n) is 10.5. The third-order valence-corrected chi connectivity index (χ3v) is 3.01. The Balaban J connectivity index is 2.22. The van der Waals surface area contributed by atoms with Gasteiger partial charge in [0, 0.05) is 32.9 Å². The second-order valence-corrected chi connectivity index (χ2v) is 4.22. The smallest absolute Gasteiger partial charge is 0.256 e. The summed E-state index contributed by atoms with van der Waals surface area (Å²) in [7, 11) is 1.52. The molecular formula is C12H15FN4O2. The van der Waals surface area contributed by atoms with Crippen molar-refractivity contribution in [3.05, 3.63) is 29.8 Å². The number of hydrogen-bond acceptors (Lipinski definition) is 4. The molecule has 2 amide bonds. The van der Waals surface area contributed by atoms with Crippen LogP contribution >= 0.6 is 0 Å². The van der Waals surface area contributed by atoms with Gasteiger partial charge >= 0.3 is 0 Å². The lowest BCUT2D eigenvalue weighted by molar-refractivity contribution is -0.125. The maximum atomic E-state index is 13.1. The largest absolute Gasteiger partial charge is 0.357 e. The van der Waals surface area contributed by atoms with Gasteiger partial charge in [-0.05, 0) is 6.07 Å². The molecule has 1 saturated heterocycles. The Kier molecular flexibility index (Phi) is 4.06. The molecule has 1 aliphatic rings. The summed E-state index contributed by atoms with van der Waals surface area (Å²) in [5, 5.41) is 5.57. The Morgan fingerprint density at radius 3 is 3.00 bits per heavy atom. The van der Waals surface area contributed by atoms with E-state index in [1.54, 1.807) is 0 Å². The highest BCUT2D eigenvalue weighted by Crippen LogP contribution is 2.11. The fourth-order valence-electron chi connectivity index (χ4n) is 2.04. The van der Waals surface area contributed by atoms with Gasteiger partial charge in [-0.2, -0.15) is 0 Å². The van der Waals surface area contributed by atoms with E-state index in [2.05, 4.69) is 15.6 Å². The minimum absolute atomic E-state index is 0.149. The molecule has 0 saturated carbocycles. The van der Waals surface area contributed by atoms with Crippen molar-refractivity contribution in [2.75, 3.05) is 26.7 Å². The van der Waals surface area contributed by atoms with Crippen LogP contribution in [0.25, 0.3) is 0 Å². The lowest BCUT2D eigenvalue weighted by atomic mass is 10.1. The molecular weight excluding hydrogens is 251 g/mol. The lowest BCUT2D eigenvalue weighted by Crippen LogP contribution is -2.59. The van der Waals surface area contributed by atoms with Gasteiger partial charge in [0.25, 0.3) is 5.91 Å². The minimum Gasteiger partial charge on any atom is -0.357 e. The van der Waals surface area contributed by atoms with E-state index in [1.165, 1.54) is 18.1 Å². The average molecular weight is 266 g/mol. The first kappa shape index (κ1) is 13.4. The minimum atomic E-state index is -0.588. The highest BCUT2D eigenvalue weighted by molar-refractivity contribution is 5.97. The summed E-state index contributed by atoms with van der Waals surface area (Å²) in [5.41, 5.74) is 0.149. The van der Waals surface area contributed by atoms with Gasteiger partial charge in [-0.3, -0.25) is 14.6 Å². The zero-order valence-corrected chi connectivity index (χ0v) is 10.5. The molecule has 0 bridgehead atoms. The number of carbonyl (C=O) groups is 2.